The molecule has 0 saturated carbocycles. The van der Waals surface area contributed by atoms with Gasteiger partial charge in [0.2, 0.25) is 0 Å². The number of carbonyl (C=O) groups excluding carboxylic acids is 1. The Bertz CT molecular complexity index is 951. The number of pyridine rings is 1. The molecule has 3 aromatic rings. The van der Waals surface area contributed by atoms with Crippen molar-refractivity contribution in [3.05, 3.63) is 65.2 Å². The zero-order valence-electron chi connectivity index (χ0n) is 13.8. The number of esters is 1. The number of halogens is 1. The number of carbonyl (C=O) groups is 1. The number of fused-ring (bicyclic) bond motifs is 3. The van der Waals surface area contributed by atoms with Crippen LogP contribution in [0, 0.1) is 5.82 Å². The maximum atomic E-state index is 13.5. The lowest BCUT2D eigenvalue weighted by molar-refractivity contribution is -0.143. The Balaban J connectivity index is 1.79. The molecule has 1 N–H and O–H groups in total. The van der Waals surface area contributed by atoms with Crippen molar-refractivity contribution in [2.24, 2.45) is 0 Å². The van der Waals surface area contributed by atoms with E-state index in [0.717, 1.165) is 27.9 Å². The van der Waals surface area contributed by atoms with Crippen molar-refractivity contribution < 1.29 is 13.9 Å². The first-order valence-corrected chi connectivity index (χ1v) is 8.18. The van der Waals surface area contributed by atoms with Crippen LogP contribution in [0.15, 0.2) is 42.6 Å². The number of hydrogen-bond donors (Lipinski definition) is 1. The summed E-state index contributed by atoms with van der Waals surface area (Å²) < 4.78 is 20.5. The first-order valence-electron chi connectivity index (χ1n) is 8.18. The van der Waals surface area contributed by atoms with Gasteiger partial charge >= 0.3 is 5.97 Å². The minimum atomic E-state index is -0.356. The van der Waals surface area contributed by atoms with Crippen molar-refractivity contribution in [1.29, 1.82) is 0 Å². The van der Waals surface area contributed by atoms with Gasteiger partial charge in [-0.1, -0.05) is 12.1 Å². The van der Waals surface area contributed by atoms with Crippen molar-refractivity contribution in [3.63, 3.8) is 0 Å². The molecule has 0 spiro atoms. The molecule has 0 saturated heterocycles. The Morgan fingerprint density at radius 3 is 3.08 bits per heavy atom. The molecule has 0 amide bonds. The van der Waals surface area contributed by atoms with Crippen LogP contribution in [-0.4, -0.2) is 28.7 Å². The van der Waals surface area contributed by atoms with Crippen molar-refractivity contribution in [2.45, 2.75) is 25.6 Å². The topological polar surface area (TPSA) is 56.2 Å². The number of rotatable bonds is 3. The van der Waals surface area contributed by atoms with Crippen LogP contribution in [0.5, 0.6) is 0 Å². The maximum Gasteiger partial charge on any atom is 0.323 e. The Hall–Kier alpha value is -2.73. The second-order valence-corrected chi connectivity index (χ2v) is 6.18. The molecule has 2 aromatic heterocycles. The zero-order chi connectivity index (χ0) is 17.4. The van der Waals surface area contributed by atoms with Gasteiger partial charge in [-0.3, -0.25) is 10.1 Å². The Morgan fingerprint density at radius 2 is 2.28 bits per heavy atom. The summed E-state index contributed by atoms with van der Waals surface area (Å²) in [4.78, 5) is 16.4. The fraction of sp³-hybridized carbons (Fsp3) is 0.263. The molecule has 25 heavy (non-hydrogen) atoms. The highest BCUT2D eigenvalue weighted by Gasteiger charge is 2.29. The number of nitrogens with one attached hydrogen (secondary N) is 1. The lowest BCUT2D eigenvalue weighted by Gasteiger charge is -2.23. The van der Waals surface area contributed by atoms with Gasteiger partial charge in [-0.15, -0.1) is 0 Å². The molecule has 0 bridgehead atoms. The summed E-state index contributed by atoms with van der Waals surface area (Å²) in [6, 6.07) is 10.1. The minimum Gasteiger partial charge on any atom is -0.468 e. The summed E-state index contributed by atoms with van der Waals surface area (Å²) in [5, 5.41) is 4.26. The van der Waals surface area contributed by atoms with Crippen LogP contribution in [-0.2, 0) is 29.0 Å². The highest BCUT2D eigenvalue weighted by atomic mass is 19.1. The van der Waals surface area contributed by atoms with Crippen LogP contribution in [0.4, 0.5) is 4.39 Å². The smallest absolute Gasteiger partial charge is 0.323 e. The van der Waals surface area contributed by atoms with E-state index in [1.165, 1.54) is 19.2 Å². The number of aromatic nitrogens is 2. The average molecular weight is 339 g/mol. The number of ether oxygens (including phenoxy) is 1. The predicted octanol–water partition coefficient (Wildman–Crippen LogP) is 2.41. The van der Waals surface area contributed by atoms with Crippen LogP contribution >= 0.6 is 0 Å². The lowest BCUT2D eigenvalue weighted by Crippen LogP contribution is -2.42. The van der Waals surface area contributed by atoms with Crippen LogP contribution in [0.2, 0.25) is 0 Å². The highest BCUT2D eigenvalue weighted by Crippen LogP contribution is 2.29. The molecule has 128 valence electrons. The van der Waals surface area contributed by atoms with E-state index in [0.29, 0.717) is 19.5 Å². The fourth-order valence-corrected chi connectivity index (χ4v) is 3.52. The molecule has 1 atom stereocenters. The monoisotopic (exact) mass is 339 g/mol. The summed E-state index contributed by atoms with van der Waals surface area (Å²) in [7, 11) is 1.40. The molecule has 3 heterocycles. The van der Waals surface area contributed by atoms with Crippen molar-refractivity contribution in [3.8, 4) is 0 Å². The zero-order valence-corrected chi connectivity index (χ0v) is 13.8. The number of methoxy groups -OCH3 is 1. The molecule has 1 aliphatic heterocycles. The Morgan fingerprint density at radius 1 is 1.40 bits per heavy atom. The molecule has 1 aliphatic rings. The maximum absolute atomic E-state index is 13.5. The van der Waals surface area contributed by atoms with E-state index < -0.39 is 0 Å². The number of hydrogen-bond acceptors (Lipinski definition) is 4. The quantitative estimate of drug-likeness (QED) is 0.745. The van der Waals surface area contributed by atoms with Crippen molar-refractivity contribution in [2.75, 3.05) is 7.11 Å². The van der Waals surface area contributed by atoms with Crippen LogP contribution in [0.3, 0.4) is 0 Å². The second-order valence-electron chi connectivity index (χ2n) is 6.18. The SMILES string of the molecule is COC(=O)C1Cc2c(n(Cc3cccc(F)c3)c3ncccc23)CN1. The summed E-state index contributed by atoms with van der Waals surface area (Å²) in [6.45, 7) is 1.08. The molecular weight excluding hydrogens is 321 g/mol. The minimum absolute atomic E-state index is 0.250. The van der Waals surface area contributed by atoms with Gasteiger partial charge < -0.3 is 9.30 Å². The third kappa shape index (κ3) is 2.78. The predicted molar refractivity (Wildman–Crippen MR) is 91.6 cm³/mol. The lowest BCUT2D eigenvalue weighted by atomic mass is 9.99. The van der Waals surface area contributed by atoms with Gasteiger partial charge in [0, 0.05) is 36.8 Å². The standard InChI is InChI=1S/C19H18FN3O2/c1-25-19(24)16-9-15-14-6-3-7-21-18(14)23(17(15)10-22-16)11-12-4-2-5-13(20)8-12/h2-8,16,22H,9-11H2,1H3. The van der Waals surface area contributed by atoms with E-state index in [-0.39, 0.29) is 17.8 Å². The van der Waals surface area contributed by atoms with Gasteiger partial charge in [0.15, 0.2) is 0 Å². The largest absolute Gasteiger partial charge is 0.468 e. The molecule has 5 nitrogen and oxygen atoms in total. The highest BCUT2D eigenvalue weighted by molar-refractivity contribution is 5.85. The molecule has 0 radical (unpaired) electrons. The normalized spacial score (nSPS) is 16.6. The van der Waals surface area contributed by atoms with Gasteiger partial charge in [-0.05, 0) is 35.4 Å². The van der Waals surface area contributed by atoms with Crippen LogP contribution in [0.1, 0.15) is 16.8 Å². The molecular formula is C19H18FN3O2. The van der Waals surface area contributed by atoms with Gasteiger partial charge in [0.1, 0.15) is 17.5 Å². The van der Waals surface area contributed by atoms with Crippen molar-refractivity contribution in [1.82, 2.24) is 14.9 Å². The molecule has 1 aromatic carbocycles. The van der Waals surface area contributed by atoms with E-state index in [9.17, 15) is 9.18 Å². The Kier molecular flexibility index (Phi) is 3.97. The molecule has 0 fully saturated rings. The van der Waals surface area contributed by atoms with Crippen molar-refractivity contribution >= 4 is 17.0 Å². The third-order valence-corrected chi connectivity index (χ3v) is 4.68. The number of benzene rings is 1. The van der Waals surface area contributed by atoms with Gasteiger partial charge in [0.25, 0.3) is 0 Å². The average Bonchev–Trinajstić information content (AvgIpc) is 2.95. The third-order valence-electron chi connectivity index (χ3n) is 4.68. The van der Waals surface area contributed by atoms with Crippen LogP contribution < -0.4 is 5.32 Å². The molecule has 0 aliphatic carbocycles. The second kappa shape index (κ2) is 6.29. The number of nitrogens with zero attached hydrogens (tertiary/aromatic N) is 2. The molecule has 6 heteroatoms. The molecule has 1 unspecified atom stereocenters. The van der Waals surface area contributed by atoms with Gasteiger partial charge in [-0.25, -0.2) is 9.37 Å². The summed E-state index contributed by atoms with van der Waals surface area (Å²) in [5.74, 6) is -0.514. The van der Waals surface area contributed by atoms with E-state index in [4.69, 9.17) is 4.74 Å². The summed E-state index contributed by atoms with van der Waals surface area (Å²) in [6.07, 6.45) is 2.31. The van der Waals surface area contributed by atoms with Gasteiger partial charge in [0.05, 0.1) is 7.11 Å². The fourth-order valence-electron chi connectivity index (χ4n) is 3.52. The molecule has 4 rings (SSSR count). The van der Waals surface area contributed by atoms with E-state index in [1.54, 1.807) is 12.3 Å². The summed E-state index contributed by atoms with van der Waals surface area (Å²) in [5.41, 5.74) is 3.91. The Labute approximate surface area is 144 Å². The first kappa shape index (κ1) is 15.8. The van der Waals surface area contributed by atoms with E-state index in [2.05, 4.69) is 14.9 Å². The van der Waals surface area contributed by atoms with E-state index >= 15 is 0 Å². The van der Waals surface area contributed by atoms with E-state index in [1.807, 2.05) is 18.2 Å². The first-order chi connectivity index (χ1) is 12.2. The van der Waals surface area contributed by atoms with Crippen LogP contribution in [0.25, 0.3) is 11.0 Å². The summed E-state index contributed by atoms with van der Waals surface area (Å²) >= 11 is 0. The van der Waals surface area contributed by atoms with Gasteiger partial charge in [-0.2, -0.15) is 0 Å².